The fraction of sp³-hybridized carbons (Fsp3) is 0.133. The van der Waals surface area contributed by atoms with Crippen molar-refractivity contribution in [1.29, 1.82) is 0 Å². The second-order valence-electron chi connectivity index (χ2n) is 3.62. The molecule has 0 spiro atoms. The minimum absolute atomic E-state index is 0.750. The van der Waals surface area contributed by atoms with Gasteiger partial charge in [0.05, 0.1) is 0 Å². The lowest BCUT2D eigenvalue weighted by atomic mass is 10.0. The summed E-state index contributed by atoms with van der Waals surface area (Å²) in [5.74, 6) is 0. The molecule has 0 atom stereocenters. The fourth-order valence-electron chi connectivity index (χ4n) is 1.45. The standard InChI is InChI=1S/C13H12S.C2H4O/c1-10-6-8-11(9-7-10)12-4-2-3-5-13(12)14;1-2-3/h2-9,14H,1H3;2H,1H3. The van der Waals surface area contributed by atoms with Gasteiger partial charge in [-0.25, -0.2) is 0 Å². The van der Waals surface area contributed by atoms with Gasteiger partial charge < -0.3 is 4.79 Å². The van der Waals surface area contributed by atoms with Crippen molar-refractivity contribution in [3.05, 3.63) is 54.1 Å². The quantitative estimate of drug-likeness (QED) is 0.589. The Bertz CT molecular complexity index is 475. The molecule has 0 bridgehead atoms. The van der Waals surface area contributed by atoms with E-state index < -0.39 is 0 Å². The molecule has 2 aromatic rings. The molecule has 0 aliphatic carbocycles. The van der Waals surface area contributed by atoms with Crippen molar-refractivity contribution in [3.8, 4) is 11.1 Å². The Balaban J connectivity index is 0.000000437. The molecule has 2 rings (SSSR count). The van der Waals surface area contributed by atoms with Gasteiger partial charge in [-0.15, -0.1) is 12.6 Å². The van der Waals surface area contributed by atoms with Crippen molar-refractivity contribution in [3.63, 3.8) is 0 Å². The summed E-state index contributed by atoms with van der Waals surface area (Å²) in [5, 5.41) is 0. The van der Waals surface area contributed by atoms with Crippen molar-refractivity contribution in [1.82, 2.24) is 0 Å². The van der Waals surface area contributed by atoms with Crippen LogP contribution in [0.5, 0.6) is 0 Å². The lowest BCUT2D eigenvalue weighted by molar-refractivity contribution is -0.106. The first-order chi connectivity index (χ1) is 8.19. The Morgan fingerprint density at radius 1 is 1.00 bits per heavy atom. The van der Waals surface area contributed by atoms with E-state index in [2.05, 4.69) is 49.9 Å². The van der Waals surface area contributed by atoms with Crippen LogP contribution in [-0.2, 0) is 4.79 Å². The molecule has 17 heavy (non-hydrogen) atoms. The molecule has 2 aromatic carbocycles. The van der Waals surface area contributed by atoms with Crippen molar-refractivity contribution in [2.24, 2.45) is 0 Å². The van der Waals surface area contributed by atoms with Crippen LogP contribution in [0.2, 0.25) is 0 Å². The van der Waals surface area contributed by atoms with Gasteiger partial charge in [0.25, 0.3) is 0 Å². The SMILES string of the molecule is CC=O.Cc1ccc(-c2ccccc2S)cc1. The molecule has 0 aliphatic rings. The van der Waals surface area contributed by atoms with Gasteiger partial charge in [0, 0.05) is 4.90 Å². The Labute approximate surface area is 108 Å². The maximum absolute atomic E-state index is 8.81. The van der Waals surface area contributed by atoms with Gasteiger partial charge in [0.15, 0.2) is 0 Å². The van der Waals surface area contributed by atoms with Crippen molar-refractivity contribution in [2.75, 3.05) is 0 Å². The summed E-state index contributed by atoms with van der Waals surface area (Å²) in [7, 11) is 0. The average molecular weight is 244 g/mol. The summed E-state index contributed by atoms with van der Waals surface area (Å²) in [6, 6.07) is 16.6. The van der Waals surface area contributed by atoms with Crippen LogP contribution in [0, 0.1) is 6.92 Å². The minimum atomic E-state index is 0.750. The number of aldehydes is 1. The largest absolute Gasteiger partial charge is 0.304 e. The van der Waals surface area contributed by atoms with E-state index in [-0.39, 0.29) is 0 Å². The first-order valence-corrected chi connectivity index (χ1v) is 5.88. The molecule has 0 unspecified atom stereocenters. The van der Waals surface area contributed by atoms with Crippen LogP contribution in [-0.4, -0.2) is 6.29 Å². The van der Waals surface area contributed by atoms with Crippen LogP contribution in [0.4, 0.5) is 0 Å². The van der Waals surface area contributed by atoms with Gasteiger partial charge in [-0.05, 0) is 31.0 Å². The number of rotatable bonds is 1. The smallest absolute Gasteiger partial charge is 0.116 e. The molecule has 0 N–H and O–H groups in total. The molecule has 0 aromatic heterocycles. The molecule has 0 saturated carbocycles. The number of hydrogen-bond donors (Lipinski definition) is 1. The van der Waals surface area contributed by atoms with Crippen LogP contribution in [0.15, 0.2) is 53.4 Å². The van der Waals surface area contributed by atoms with E-state index in [0.717, 1.165) is 11.2 Å². The van der Waals surface area contributed by atoms with E-state index in [1.165, 1.54) is 23.6 Å². The van der Waals surface area contributed by atoms with E-state index in [1.807, 2.05) is 18.2 Å². The third-order valence-electron chi connectivity index (χ3n) is 2.27. The van der Waals surface area contributed by atoms with Gasteiger partial charge in [-0.2, -0.15) is 0 Å². The van der Waals surface area contributed by atoms with Crippen molar-refractivity contribution >= 4 is 18.9 Å². The molecule has 0 saturated heterocycles. The molecule has 0 heterocycles. The number of benzene rings is 2. The van der Waals surface area contributed by atoms with Crippen molar-refractivity contribution in [2.45, 2.75) is 18.7 Å². The van der Waals surface area contributed by atoms with Crippen LogP contribution in [0.3, 0.4) is 0 Å². The average Bonchev–Trinajstić information content (AvgIpc) is 2.32. The Morgan fingerprint density at radius 2 is 1.53 bits per heavy atom. The van der Waals surface area contributed by atoms with E-state index in [1.54, 1.807) is 0 Å². The number of thiol groups is 1. The zero-order valence-corrected chi connectivity index (χ0v) is 10.9. The fourth-order valence-corrected chi connectivity index (χ4v) is 1.74. The second kappa shape index (κ2) is 6.92. The monoisotopic (exact) mass is 244 g/mol. The van der Waals surface area contributed by atoms with E-state index in [0.29, 0.717) is 0 Å². The highest BCUT2D eigenvalue weighted by Crippen LogP contribution is 2.25. The zero-order chi connectivity index (χ0) is 12.7. The minimum Gasteiger partial charge on any atom is -0.304 e. The second-order valence-corrected chi connectivity index (χ2v) is 4.10. The number of carbonyl (C=O) groups is 1. The van der Waals surface area contributed by atoms with Crippen LogP contribution in [0.25, 0.3) is 11.1 Å². The first kappa shape index (κ1) is 13.5. The first-order valence-electron chi connectivity index (χ1n) is 5.44. The number of aryl methyl sites for hydroxylation is 1. The topological polar surface area (TPSA) is 17.1 Å². The molecular weight excluding hydrogens is 228 g/mol. The van der Waals surface area contributed by atoms with Gasteiger partial charge in [0.2, 0.25) is 0 Å². The molecule has 0 radical (unpaired) electrons. The van der Waals surface area contributed by atoms with Crippen LogP contribution < -0.4 is 0 Å². The molecule has 88 valence electrons. The van der Waals surface area contributed by atoms with E-state index in [9.17, 15) is 0 Å². The Morgan fingerprint density at radius 3 is 2.06 bits per heavy atom. The third-order valence-corrected chi connectivity index (χ3v) is 2.66. The van der Waals surface area contributed by atoms with Crippen molar-refractivity contribution < 1.29 is 4.79 Å². The third kappa shape index (κ3) is 4.08. The predicted octanol–water partition coefficient (Wildman–Crippen LogP) is 4.16. The van der Waals surface area contributed by atoms with Gasteiger partial charge in [-0.3, -0.25) is 0 Å². The summed E-state index contributed by atoms with van der Waals surface area (Å²) in [5.41, 5.74) is 3.70. The maximum atomic E-state index is 8.81. The van der Waals surface area contributed by atoms with Gasteiger partial charge in [-0.1, -0.05) is 48.0 Å². The molecular formula is C15H16OS. The molecule has 0 aliphatic heterocycles. The van der Waals surface area contributed by atoms with Crippen LogP contribution >= 0.6 is 12.6 Å². The highest BCUT2D eigenvalue weighted by molar-refractivity contribution is 7.80. The Kier molecular flexibility index (Phi) is 5.50. The highest BCUT2D eigenvalue weighted by atomic mass is 32.1. The normalized spacial score (nSPS) is 9.12. The van der Waals surface area contributed by atoms with Gasteiger partial charge >= 0.3 is 0 Å². The highest BCUT2D eigenvalue weighted by Gasteiger charge is 1.99. The summed E-state index contributed by atoms with van der Waals surface area (Å²) in [6.45, 7) is 3.54. The number of carbonyl (C=O) groups excluding carboxylic acids is 1. The molecule has 2 heteroatoms. The zero-order valence-electron chi connectivity index (χ0n) is 10.1. The lowest BCUT2D eigenvalue weighted by Gasteiger charge is -2.04. The van der Waals surface area contributed by atoms with E-state index >= 15 is 0 Å². The maximum Gasteiger partial charge on any atom is 0.116 e. The predicted molar refractivity (Wildman–Crippen MR) is 75.6 cm³/mol. The lowest BCUT2D eigenvalue weighted by Crippen LogP contribution is -1.79. The molecule has 0 amide bonds. The molecule has 0 fully saturated rings. The number of hydrogen-bond acceptors (Lipinski definition) is 2. The van der Waals surface area contributed by atoms with E-state index in [4.69, 9.17) is 4.79 Å². The summed E-state index contributed by atoms with van der Waals surface area (Å²) >= 11 is 4.44. The summed E-state index contributed by atoms with van der Waals surface area (Å²) in [6.07, 6.45) is 0.750. The van der Waals surface area contributed by atoms with Crippen LogP contribution in [0.1, 0.15) is 12.5 Å². The van der Waals surface area contributed by atoms with Gasteiger partial charge in [0.1, 0.15) is 6.29 Å². The Hall–Kier alpha value is -1.54. The summed E-state index contributed by atoms with van der Waals surface area (Å²) < 4.78 is 0. The summed E-state index contributed by atoms with van der Waals surface area (Å²) in [4.78, 5) is 9.83. The molecule has 1 nitrogen and oxygen atoms in total.